The van der Waals surface area contributed by atoms with E-state index < -0.39 is 21.6 Å². The molecule has 0 atom stereocenters. The maximum atomic E-state index is 13.3. The van der Waals surface area contributed by atoms with E-state index in [9.17, 15) is 13.2 Å². The van der Waals surface area contributed by atoms with E-state index in [1.54, 1.807) is 57.2 Å². The summed E-state index contributed by atoms with van der Waals surface area (Å²) in [6, 6.07) is 10.2. The number of benzene rings is 2. The third-order valence-electron chi connectivity index (χ3n) is 4.23. The Labute approximate surface area is 193 Å². The largest absolute Gasteiger partial charge is 0.457 e. The monoisotopic (exact) mass is 553 g/mol. The van der Waals surface area contributed by atoms with Gasteiger partial charge in [0, 0.05) is 32.2 Å². The molecule has 30 heavy (non-hydrogen) atoms. The van der Waals surface area contributed by atoms with Gasteiger partial charge >= 0.3 is 5.97 Å². The van der Waals surface area contributed by atoms with Crippen LogP contribution in [0.3, 0.4) is 0 Å². The third kappa shape index (κ3) is 4.87. The molecule has 3 rings (SSSR count). The number of aromatic nitrogens is 1. The van der Waals surface area contributed by atoms with E-state index in [0.717, 1.165) is 14.5 Å². The number of rotatable bonds is 4. The highest BCUT2D eigenvalue weighted by atomic mass is 79.9. The number of esters is 1. The Hall–Kier alpha value is -1.90. The molecule has 0 aliphatic heterocycles. The summed E-state index contributed by atoms with van der Waals surface area (Å²) >= 11 is 6.90. The van der Waals surface area contributed by atoms with Crippen molar-refractivity contribution >= 4 is 64.8 Å². The predicted octanol–water partition coefficient (Wildman–Crippen LogP) is 6.07. The Balaban J connectivity index is 2.15. The summed E-state index contributed by atoms with van der Waals surface area (Å²) in [7, 11) is -3.83. The van der Waals surface area contributed by atoms with Gasteiger partial charge in [-0.3, -0.25) is 0 Å². The zero-order valence-corrected chi connectivity index (χ0v) is 20.9. The van der Waals surface area contributed by atoms with E-state index in [1.165, 1.54) is 16.2 Å². The van der Waals surface area contributed by atoms with Crippen molar-refractivity contribution in [2.75, 3.05) is 0 Å². The number of halogens is 2. The molecule has 5 nitrogen and oxygen atoms in total. The van der Waals surface area contributed by atoms with Gasteiger partial charge in [0.15, 0.2) is 0 Å². The van der Waals surface area contributed by atoms with Crippen LogP contribution in [0.1, 0.15) is 31.9 Å². The highest BCUT2D eigenvalue weighted by molar-refractivity contribution is 9.13. The Kier molecular flexibility index (Phi) is 6.32. The smallest absolute Gasteiger partial charge is 0.331 e. The van der Waals surface area contributed by atoms with Crippen molar-refractivity contribution in [1.82, 2.24) is 3.97 Å². The Morgan fingerprint density at radius 2 is 1.67 bits per heavy atom. The molecule has 0 aliphatic carbocycles. The number of hydrogen-bond acceptors (Lipinski definition) is 4. The van der Waals surface area contributed by atoms with Crippen molar-refractivity contribution in [2.24, 2.45) is 0 Å². The highest BCUT2D eigenvalue weighted by Gasteiger charge is 2.22. The van der Waals surface area contributed by atoms with Gasteiger partial charge in [-0.1, -0.05) is 17.7 Å². The Morgan fingerprint density at radius 3 is 2.27 bits per heavy atom. The number of nitrogens with zero attached hydrogens (tertiary/aromatic N) is 1. The minimum absolute atomic E-state index is 0.187. The average molecular weight is 555 g/mol. The SMILES string of the molecule is Cc1ccc(S(=O)(=O)n2cc(/C=C\C(=O)OC(C)(C)C)c3cc(Br)c(Br)cc32)cc1. The van der Waals surface area contributed by atoms with Crippen LogP contribution < -0.4 is 0 Å². The average Bonchev–Trinajstić information content (AvgIpc) is 2.97. The Bertz CT molecular complexity index is 1250. The topological polar surface area (TPSA) is 65.4 Å². The number of ether oxygens (including phenoxy) is 1. The minimum Gasteiger partial charge on any atom is -0.457 e. The number of hydrogen-bond donors (Lipinski definition) is 0. The first-order chi connectivity index (χ1) is 13.9. The molecule has 0 N–H and O–H groups in total. The quantitative estimate of drug-likeness (QED) is 0.290. The summed E-state index contributed by atoms with van der Waals surface area (Å²) in [5, 5.41) is 0.681. The standard InChI is InChI=1S/C22H21Br2NO4S/c1-14-5-8-16(9-6-14)30(27,28)25-13-15(7-10-21(26)29-22(2,3)4)17-11-18(23)19(24)12-20(17)25/h5-13H,1-4H3/b10-7-. The lowest BCUT2D eigenvalue weighted by atomic mass is 10.1. The molecule has 1 heterocycles. The number of aryl methyl sites for hydroxylation is 1. The number of fused-ring (bicyclic) bond motifs is 1. The van der Waals surface area contributed by atoms with Gasteiger partial charge in [-0.2, -0.15) is 0 Å². The fraction of sp³-hybridized carbons (Fsp3) is 0.227. The third-order valence-corrected chi connectivity index (χ3v) is 7.76. The minimum atomic E-state index is -3.83. The van der Waals surface area contributed by atoms with Crippen LogP contribution in [-0.2, 0) is 19.6 Å². The fourth-order valence-corrected chi connectivity index (χ4v) is 4.91. The summed E-state index contributed by atoms with van der Waals surface area (Å²) in [5.41, 5.74) is 1.44. The number of carbonyl (C=O) groups is 1. The molecule has 0 fully saturated rings. The number of carbonyl (C=O) groups excluding carboxylic acids is 1. The van der Waals surface area contributed by atoms with Crippen LogP contribution in [0, 0.1) is 6.92 Å². The highest BCUT2D eigenvalue weighted by Crippen LogP contribution is 2.34. The van der Waals surface area contributed by atoms with E-state index in [2.05, 4.69) is 31.9 Å². The van der Waals surface area contributed by atoms with Crippen LogP contribution in [0.25, 0.3) is 17.0 Å². The fourth-order valence-electron chi connectivity index (χ4n) is 2.86. The lowest BCUT2D eigenvalue weighted by Gasteiger charge is -2.17. The summed E-state index contributed by atoms with van der Waals surface area (Å²) in [6.45, 7) is 7.25. The van der Waals surface area contributed by atoms with Crippen molar-refractivity contribution in [2.45, 2.75) is 38.2 Å². The molecule has 0 bridgehead atoms. The zero-order valence-electron chi connectivity index (χ0n) is 16.9. The molecule has 0 amide bonds. The molecule has 2 aromatic carbocycles. The first-order valence-electron chi connectivity index (χ1n) is 9.12. The maximum Gasteiger partial charge on any atom is 0.331 e. The molecule has 0 saturated carbocycles. The first-order valence-corrected chi connectivity index (χ1v) is 12.1. The van der Waals surface area contributed by atoms with Crippen LogP contribution >= 0.6 is 31.9 Å². The molecule has 0 aliphatic rings. The summed E-state index contributed by atoms with van der Waals surface area (Å²) < 4.78 is 34.7. The van der Waals surface area contributed by atoms with Gasteiger partial charge < -0.3 is 4.74 Å². The van der Waals surface area contributed by atoms with E-state index >= 15 is 0 Å². The molecular weight excluding hydrogens is 534 g/mol. The Morgan fingerprint density at radius 1 is 1.07 bits per heavy atom. The lowest BCUT2D eigenvalue weighted by Crippen LogP contribution is -2.22. The van der Waals surface area contributed by atoms with Gasteiger partial charge in [0.1, 0.15) is 5.60 Å². The molecule has 0 saturated heterocycles. The van der Waals surface area contributed by atoms with E-state index in [1.807, 2.05) is 13.0 Å². The second kappa shape index (κ2) is 8.32. The van der Waals surface area contributed by atoms with Gasteiger partial charge in [0.2, 0.25) is 0 Å². The molecule has 0 spiro atoms. The zero-order chi connectivity index (χ0) is 22.3. The molecule has 0 radical (unpaired) electrons. The van der Waals surface area contributed by atoms with Gasteiger partial charge in [-0.05, 0) is 89.9 Å². The van der Waals surface area contributed by atoms with Crippen molar-refractivity contribution < 1.29 is 17.9 Å². The van der Waals surface area contributed by atoms with E-state index in [4.69, 9.17) is 4.74 Å². The van der Waals surface area contributed by atoms with Gasteiger partial charge in [0.25, 0.3) is 10.0 Å². The molecule has 3 aromatic rings. The molecule has 0 unspecified atom stereocenters. The first kappa shape index (κ1) is 22.8. The van der Waals surface area contributed by atoms with Gasteiger partial charge in [-0.25, -0.2) is 17.2 Å². The summed E-state index contributed by atoms with van der Waals surface area (Å²) in [4.78, 5) is 12.3. The van der Waals surface area contributed by atoms with Crippen LogP contribution in [-0.4, -0.2) is 24.0 Å². The molecule has 1 aromatic heterocycles. The molecule has 158 valence electrons. The van der Waals surface area contributed by atoms with Gasteiger partial charge in [-0.15, -0.1) is 0 Å². The summed E-state index contributed by atoms with van der Waals surface area (Å²) in [6.07, 6.45) is 4.39. The predicted molar refractivity (Wildman–Crippen MR) is 126 cm³/mol. The maximum absolute atomic E-state index is 13.3. The second-order valence-electron chi connectivity index (χ2n) is 7.85. The van der Waals surface area contributed by atoms with Crippen molar-refractivity contribution in [3.05, 3.63) is 68.7 Å². The molecule has 8 heteroatoms. The normalized spacial score (nSPS) is 12.6. The van der Waals surface area contributed by atoms with Crippen LogP contribution in [0.4, 0.5) is 0 Å². The second-order valence-corrected chi connectivity index (χ2v) is 11.4. The van der Waals surface area contributed by atoms with Gasteiger partial charge in [0.05, 0.1) is 10.4 Å². The van der Waals surface area contributed by atoms with E-state index in [0.29, 0.717) is 16.5 Å². The van der Waals surface area contributed by atoms with Crippen LogP contribution in [0.2, 0.25) is 0 Å². The lowest BCUT2D eigenvalue weighted by molar-refractivity contribution is -0.148. The van der Waals surface area contributed by atoms with Crippen molar-refractivity contribution in [3.8, 4) is 0 Å². The van der Waals surface area contributed by atoms with E-state index in [-0.39, 0.29) is 4.90 Å². The van der Waals surface area contributed by atoms with Crippen molar-refractivity contribution in [3.63, 3.8) is 0 Å². The van der Waals surface area contributed by atoms with Crippen molar-refractivity contribution in [1.29, 1.82) is 0 Å². The van der Waals surface area contributed by atoms with Crippen LogP contribution in [0.15, 0.2) is 62.5 Å². The summed E-state index contributed by atoms with van der Waals surface area (Å²) in [5.74, 6) is -0.499. The molecular formula is C22H21Br2NO4S. The van der Waals surface area contributed by atoms with Crippen LogP contribution in [0.5, 0.6) is 0 Å².